The van der Waals surface area contributed by atoms with Gasteiger partial charge in [0, 0.05) is 41.9 Å². The highest BCUT2D eigenvalue weighted by Crippen LogP contribution is 2.62. The summed E-state index contributed by atoms with van der Waals surface area (Å²) in [5, 5.41) is 10.7. The van der Waals surface area contributed by atoms with E-state index in [4.69, 9.17) is 9.47 Å². The Labute approximate surface area is 199 Å². The molecule has 176 valence electrons. The van der Waals surface area contributed by atoms with Crippen LogP contribution < -0.4 is 4.74 Å². The molecule has 0 saturated carbocycles. The number of likely N-dealkylation sites (N-methyl/N-ethyl adjacent to an activating group) is 1. The minimum absolute atomic E-state index is 0.0144. The molecule has 7 rings (SSSR count). The Balaban J connectivity index is 1.23. The van der Waals surface area contributed by atoms with Crippen LogP contribution in [0.4, 0.5) is 4.79 Å². The molecule has 6 atom stereocenters. The lowest BCUT2D eigenvalue weighted by Crippen LogP contribution is -2.65. The number of aromatic nitrogens is 1. The van der Waals surface area contributed by atoms with Gasteiger partial charge in [-0.15, -0.1) is 0 Å². The number of amides is 1. The van der Waals surface area contributed by atoms with Gasteiger partial charge in [0.05, 0.1) is 6.04 Å². The standard InChI is InChI=1S/C27H29N3O4/c1-29-13-10-27-18-7-9-22(25(27)34-24-21(31)8-6-16(23(24)27)14-20(18)29)33-26(32)30-12-3-5-19(30)17-4-2-11-28-15-17/h2,4,6-9,11,15,18-20,22,25,31H,3,5,10,12-14H2,1H3/t18-,19+,20+,22?,25-,27-/m0/s1. The Hall–Kier alpha value is -3.06. The first kappa shape index (κ1) is 20.3. The summed E-state index contributed by atoms with van der Waals surface area (Å²) >= 11 is 0. The number of piperidine rings is 1. The van der Waals surface area contributed by atoms with Gasteiger partial charge in [0.15, 0.2) is 17.6 Å². The van der Waals surface area contributed by atoms with E-state index in [9.17, 15) is 9.90 Å². The molecule has 2 fully saturated rings. The van der Waals surface area contributed by atoms with Gasteiger partial charge in [-0.2, -0.15) is 0 Å². The number of pyridine rings is 1. The third-order valence-electron chi connectivity index (χ3n) is 8.92. The number of carbonyl (C=O) groups excluding carboxylic acids is 1. The van der Waals surface area contributed by atoms with E-state index in [-0.39, 0.29) is 35.3 Å². The van der Waals surface area contributed by atoms with Crippen LogP contribution in [0.5, 0.6) is 11.5 Å². The van der Waals surface area contributed by atoms with E-state index in [0.29, 0.717) is 18.3 Å². The van der Waals surface area contributed by atoms with Gasteiger partial charge in [-0.25, -0.2) is 4.79 Å². The molecule has 2 saturated heterocycles. The second-order valence-electron chi connectivity index (χ2n) is 10.4. The van der Waals surface area contributed by atoms with Gasteiger partial charge in [-0.1, -0.05) is 18.2 Å². The van der Waals surface area contributed by atoms with Gasteiger partial charge in [0.1, 0.15) is 6.10 Å². The number of benzene rings is 1. The maximum Gasteiger partial charge on any atom is 0.411 e. The van der Waals surface area contributed by atoms with Crippen molar-refractivity contribution in [3.05, 3.63) is 65.5 Å². The smallest absolute Gasteiger partial charge is 0.411 e. The molecule has 2 aromatic rings. The minimum atomic E-state index is -0.499. The molecular formula is C27H29N3O4. The fourth-order valence-electron chi connectivity index (χ4n) is 7.41. The Kier molecular flexibility index (Phi) is 4.31. The molecule has 34 heavy (non-hydrogen) atoms. The monoisotopic (exact) mass is 459 g/mol. The Morgan fingerprint density at radius 3 is 3.03 bits per heavy atom. The highest BCUT2D eigenvalue weighted by Gasteiger charge is 2.65. The van der Waals surface area contributed by atoms with Crippen LogP contribution in [0.3, 0.4) is 0 Å². The lowest BCUT2D eigenvalue weighted by molar-refractivity contribution is -0.0554. The normalized spacial score (nSPS) is 35.1. The molecule has 0 radical (unpaired) electrons. The van der Waals surface area contributed by atoms with Crippen molar-refractivity contribution in [1.29, 1.82) is 0 Å². The minimum Gasteiger partial charge on any atom is -0.504 e. The summed E-state index contributed by atoms with van der Waals surface area (Å²) in [4.78, 5) is 22.0. The highest BCUT2D eigenvalue weighted by molar-refractivity contribution is 5.70. The van der Waals surface area contributed by atoms with Crippen molar-refractivity contribution in [1.82, 2.24) is 14.8 Å². The Morgan fingerprint density at radius 2 is 2.18 bits per heavy atom. The number of hydrogen-bond donors (Lipinski definition) is 1. The quantitative estimate of drug-likeness (QED) is 0.692. The molecule has 1 amide bonds. The van der Waals surface area contributed by atoms with E-state index < -0.39 is 6.10 Å². The number of aromatic hydroxyl groups is 1. The first-order chi connectivity index (χ1) is 16.6. The van der Waals surface area contributed by atoms with Gasteiger partial charge >= 0.3 is 6.09 Å². The summed E-state index contributed by atoms with van der Waals surface area (Å²) in [5.74, 6) is 1.05. The summed E-state index contributed by atoms with van der Waals surface area (Å²) in [7, 11) is 2.20. The molecule has 3 aliphatic heterocycles. The number of nitrogens with zero attached hydrogens (tertiary/aromatic N) is 3. The van der Waals surface area contributed by atoms with Crippen LogP contribution in [0.25, 0.3) is 0 Å². The molecular weight excluding hydrogens is 430 g/mol. The van der Waals surface area contributed by atoms with Gasteiger partial charge in [-0.3, -0.25) is 4.98 Å². The second kappa shape index (κ2) is 7.22. The van der Waals surface area contributed by atoms with Crippen molar-refractivity contribution in [2.24, 2.45) is 5.92 Å². The lowest BCUT2D eigenvalue weighted by Gasteiger charge is -2.56. The predicted molar refractivity (Wildman–Crippen MR) is 125 cm³/mol. The van der Waals surface area contributed by atoms with Crippen molar-refractivity contribution in [3.63, 3.8) is 0 Å². The first-order valence-electron chi connectivity index (χ1n) is 12.4. The molecule has 2 aliphatic carbocycles. The molecule has 1 unspecified atom stereocenters. The van der Waals surface area contributed by atoms with Crippen LogP contribution >= 0.6 is 0 Å². The van der Waals surface area contributed by atoms with Gasteiger partial charge in [-0.05, 0) is 68.6 Å². The average Bonchev–Trinajstić information content (AvgIpc) is 3.48. The zero-order valence-electron chi connectivity index (χ0n) is 19.3. The molecule has 5 aliphatic rings. The van der Waals surface area contributed by atoms with Crippen molar-refractivity contribution in [2.75, 3.05) is 20.1 Å². The molecule has 4 heterocycles. The SMILES string of the molecule is CN1CC[C@]23c4c5ccc(O)c4O[C@H]2C(OC(=O)N2CCC[C@@H]2c2cccnc2)C=C[C@H]3[C@H]1C5. The highest BCUT2D eigenvalue weighted by atomic mass is 16.6. The van der Waals surface area contributed by atoms with Gasteiger partial charge in [0.2, 0.25) is 0 Å². The van der Waals surface area contributed by atoms with E-state index in [1.54, 1.807) is 12.3 Å². The largest absolute Gasteiger partial charge is 0.504 e. The fraction of sp³-hybridized carbons (Fsp3) is 0.481. The van der Waals surface area contributed by atoms with Crippen molar-refractivity contribution in [2.45, 2.75) is 55.4 Å². The van der Waals surface area contributed by atoms with E-state index >= 15 is 0 Å². The average molecular weight is 460 g/mol. The van der Waals surface area contributed by atoms with E-state index in [2.05, 4.69) is 23.0 Å². The van der Waals surface area contributed by atoms with Crippen LogP contribution in [-0.4, -0.2) is 64.4 Å². The van der Waals surface area contributed by atoms with Crippen molar-refractivity contribution < 1.29 is 19.4 Å². The van der Waals surface area contributed by atoms with E-state index in [1.807, 2.05) is 35.4 Å². The van der Waals surface area contributed by atoms with E-state index in [1.165, 1.54) is 5.56 Å². The topological polar surface area (TPSA) is 75.1 Å². The number of hydrogen-bond acceptors (Lipinski definition) is 6. The first-order valence-corrected chi connectivity index (χ1v) is 12.4. The summed E-state index contributed by atoms with van der Waals surface area (Å²) in [5.41, 5.74) is 3.16. The summed E-state index contributed by atoms with van der Waals surface area (Å²) in [6.45, 7) is 1.63. The van der Waals surface area contributed by atoms with Crippen LogP contribution in [0.1, 0.15) is 42.0 Å². The third kappa shape index (κ3) is 2.62. The Bertz CT molecular complexity index is 1180. The van der Waals surface area contributed by atoms with Gasteiger partial charge in [0.25, 0.3) is 0 Å². The number of likely N-dealkylation sites (tertiary alicyclic amines) is 2. The predicted octanol–water partition coefficient (Wildman–Crippen LogP) is 3.57. The third-order valence-corrected chi connectivity index (χ3v) is 8.92. The number of rotatable bonds is 2. The lowest BCUT2D eigenvalue weighted by atomic mass is 9.53. The molecule has 7 heteroatoms. The number of phenols is 1. The van der Waals surface area contributed by atoms with Gasteiger partial charge < -0.3 is 24.4 Å². The van der Waals surface area contributed by atoms with E-state index in [0.717, 1.165) is 43.4 Å². The van der Waals surface area contributed by atoms with Crippen LogP contribution in [0.15, 0.2) is 48.8 Å². The summed E-state index contributed by atoms with van der Waals surface area (Å²) < 4.78 is 12.7. The molecule has 1 aromatic heterocycles. The van der Waals surface area contributed by atoms with Crippen LogP contribution in [-0.2, 0) is 16.6 Å². The zero-order chi connectivity index (χ0) is 23.0. The van der Waals surface area contributed by atoms with Crippen LogP contribution in [0, 0.1) is 5.92 Å². The molecule has 2 bridgehead atoms. The summed E-state index contributed by atoms with van der Waals surface area (Å²) in [6.07, 6.45) is 10.4. The number of phenolic OH excluding ortho intramolecular Hbond substituents is 1. The maximum absolute atomic E-state index is 13.4. The molecule has 1 aromatic carbocycles. The summed E-state index contributed by atoms with van der Waals surface area (Å²) in [6, 6.07) is 8.09. The number of carbonyl (C=O) groups is 1. The molecule has 1 N–H and O–H groups in total. The number of ether oxygens (including phenoxy) is 2. The molecule has 1 spiro atoms. The maximum atomic E-state index is 13.4. The second-order valence-corrected chi connectivity index (χ2v) is 10.4. The molecule has 7 nitrogen and oxygen atoms in total. The van der Waals surface area contributed by atoms with Crippen LogP contribution in [0.2, 0.25) is 0 Å². The Morgan fingerprint density at radius 1 is 1.26 bits per heavy atom. The van der Waals surface area contributed by atoms with Crippen molar-refractivity contribution in [3.8, 4) is 11.5 Å². The fourth-order valence-corrected chi connectivity index (χ4v) is 7.41. The van der Waals surface area contributed by atoms with Crippen molar-refractivity contribution >= 4 is 6.09 Å². The zero-order valence-corrected chi connectivity index (χ0v) is 19.3.